The third-order valence-electron chi connectivity index (χ3n) is 6.37. The molecule has 1 aliphatic heterocycles. The SMILES string of the molecule is Cc1cc(N2CCN(C)CC2)nc2ccc(NC(=O)C=Cc3ccc(OCCC(C)C)cc3)cc12. The van der Waals surface area contributed by atoms with Crippen LogP contribution < -0.4 is 15.0 Å². The lowest BCUT2D eigenvalue weighted by molar-refractivity contribution is -0.111. The van der Waals surface area contributed by atoms with E-state index in [1.54, 1.807) is 6.08 Å². The summed E-state index contributed by atoms with van der Waals surface area (Å²) in [5.41, 5.74) is 3.82. The number of nitrogens with zero attached hydrogens (tertiary/aromatic N) is 3. The topological polar surface area (TPSA) is 57.7 Å². The quantitative estimate of drug-likeness (QED) is 0.447. The minimum atomic E-state index is -0.165. The molecule has 35 heavy (non-hydrogen) atoms. The number of fused-ring (bicyclic) bond motifs is 1. The molecule has 4 rings (SSSR count). The standard InChI is InChI=1S/C29H36N4O2/c1-21(2)13-18-35-25-9-5-23(6-10-25)7-12-29(34)30-24-8-11-27-26(20-24)22(3)19-28(31-27)33-16-14-32(4)15-17-33/h5-12,19-21H,13-18H2,1-4H3,(H,30,34). The van der Waals surface area contributed by atoms with Gasteiger partial charge >= 0.3 is 0 Å². The average molecular weight is 473 g/mol. The Bertz CT molecular complexity index is 1180. The molecule has 3 aromatic rings. The first-order valence-electron chi connectivity index (χ1n) is 12.4. The lowest BCUT2D eigenvalue weighted by Crippen LogP contribution is -2.44. The van der Waals surface area contributed by atoms with Gasteiger partial charge in [0.2, 0.25) is 5.91 Å². The van der Waals surface area contributed by atoms with E-state index in [1.165, 1.54) is 0 Å². The largest absolute Gasteiger partial charge is 0.494 e. The number of carbonyl (C=O) groups excluding carboxylic acids is 1. The summed E-state index contributed by atoms with van der Waals surface area (Å²) < 4.78 is 5.75. The maximum absolute atomic E-state index is 12.5. The minimum absolute atomic E-state index is 0.165. The average Bonchev–Trinajstić information content (AvgIpc) is 2.84. The van der Waals surface area contributed by atoms with Crippen molar-refractivity contribution in [1.82, 2.24) is 9.88 Å². The Labute approximate surface area is 208 Å². The first-order valence-corrected chi connectivity index (χ1v) is 12.4. The van der Waals surface area contributed by atoms with Crippen molar-refractivity contribution in [3.8, 4) is 5.75 Å². The van der Waals surface area contributed by atoms with E-state index in [4.69, 9.17) is 9.72 Å². The molecule has 6 heteroatoms. The van der Waals surface area contributed by atoms with Crippen LogP contribution in [0.1, 0.15) is 31.4 Å². The maximum Gasteiger partial charge on any atom is 0.248 e. The van der Waals surface area contributed by atoms with Gasteiger partial charge in [-0.2, -0.15) is 0 Å². The van der Waals surface area contributed by atoms with Crippen molar-refractivity contribution in [2.45, 2.75) is 27.2 Å². The highest BCUT2D eigenvalue weighted by atomic mass is 16.5. The Morgan fingerprint density at radius 1 is 1.09 bits per heavy atom. The molecule has 1 amide bonds. The van der Waals surface area contributed by atoms with Gasteiger partial charge in [-0.25, -0.2) is 4.98 Å². The number of aromatic nitrogens is 1. The third kappa shape index (κ3) is 6.83. The van der Waals surface area contributed by atoms with Gasteiger partial charge in [0.05, 0.1) is 12.1 Å². The van der Waals surface area contributed by atoms with E-state index in [0.29, 0.717) is 12.5 Å². The lowest BCUT2D eigenvalue weighted by atomic mass is 10.1. The van der Waals surface area contributed by atoms with Gasteiger partial charge in [0.1, 0.15) is 11.6 Å². The predicted octanol–water partition coefficient (Wildman–Crippen LogP) is 5.37. The zero-order valence-corrected chi connectivity index (χ0v) is 21.3. The molecule has 0 radical (unpaired) electrons. The van der Waals surface area contributed by atoms with Gasteiger partial charge in [-0.3, -0.25) is 4.79 Å². The van der Waals surface area contributed by atoms with Crippen LogP contribution in [-0.2, 0) is 4.79 Å². The van der Waals surface area contributed by atoms with Gasteiger partial charge in [0, 0.05) is 43.3 Å². The molecule has 1 N–H and O–H groups in total. The molecule has 1 aliphatic rings. The van der Waals surface area contributed by atoms with Crippen molar-refractivity contribution in [3.63, 3.8) is 0 Å². The number of likely N-dealkylation sites (N-methyl/N-ethyl adjacent to an activating group) is 1. The molecule has 2 heterocycles. The van der Waals surface area contributed by atoms with E-state index in [2.05, 4.69) is 49.0 Å². The van der Waals surface area contributed by atoms with Gasteiger partial charge in [-0.15, -0.1) is 0 Å². The van der Waals surface area contributed by atoms with Gasteiger partial charge in [-0.1, -0.05) is 26.0 Å². The zero-order valence-electron chi connectivity index (χ0n) is 21.3. The number of rotatable bonds is 8. The van der Waals surface area contributed by atoms with Crippen molar-refractivity contribution in [3.05, 3.63) is 65.7 Å². The number of benzene rings is 2. The van der Waals surface area contributed by atoms with E-state index in [1.807, 2.05) is 48.5 Å². The second-order valence-corrected chi connectivity index (χ2v) is 9.74. The Hall–Kier alpha value is -3.38. The third-order valence-corrected chi connectivity index (χ3v) is 6.37. The zero-order chi connectivity index (χ0) is 24.8. The summed E-state index contributed by atoms with van der Waals surface area (Å²) in [5.74, 6) is 2.33. The molecule has 0 unspecified atom stereocenters. The molecule has 0 spiro atoms. The maximum atomic E-state index is 12.5. The van der Waals surface area contributed by atoms with Crippen LogP contribution in [0.4, 0.5) is 11.5 Å². The summed E-state index contributed by atoms with van der Waals surface area (Å²) >= 11 is 0. The summed E-state index contributed by atoms with van der Waals surface area (Å²) in [6, 6.07) is 15.8. The van der Waals surface area contributed by atoms with E-state index < -0.39 is 0 Å². The highest BCUT2D eigenvalue weighted by molar-refractivity contribution is 6.03. The van der Waals surface area contributed by atoms with Crippen molar-refractivity contribution in [2.75, 3.05) is 50.1 Å². The Morgan fingerprint density at radius 3 is 2.54 bits per heavy atom. The molecular weight excluding hydrogens is 436 g/mol. The number of piperazine rings is 1. The number of aryl methyl sites for hydroxylation is 1. The molecular formula is C29H36N4O2. The minimum Gasteiger partial charge on any atom is -0.494 e. The summed E-state index contributed by atoms with van der Waals surface area (Å²) in [6.07, 6.45) is 4.40. The van der Waals surface area contributed by atoms with Crippen LogP contribution in [0.25, 0.3) is 17.0 Å². The first-order chi connectivity index (χ1) is 16.9. The molecule has 0 bridgehead atoms. The van der Waals surface area contributed by atoms with Crippen LogP contribution in [0.15, 0.2) is 54.6 Å². The van der Waals surface area contributed by atoms with Crippen LogP contribution in [0.5, 0.6) is 5.75 Å². The number of hydrogen-bond donors (Lipinski definition) is 1. The molecule has 2 aromatic carbocycles. The fraction of sp³-hybridized carbons (Fsp3) is 0.379. The highest BCUT2D eigenvalue weighted by Crippen LogP contribution is 2.26. The van der Waals surface area contributed by atoms with Crippen LogP contribution in [0.2, 0.25) is 0 Å². The van der Waals surface area contributed by atoms with Crippen LogP contribution in [0, 0.1) is 12.8 Å². The number of ether oxygens (including phenoxy) is 1. The molecule has 184 valence electrons. The first kappa shape index (κ1) is 24.7. The van der Waals surface area contributed by atoms with Gasteiger partial charge in [-0.05, 0) is 79.9 Å². The van der Waals surface area contributed by atoms with Crippen LogP contribution in [0.3, 0.4) is 0 Å². The fourth-order valence-corrected chi connectivity index (χ4v) is 4.10. The van der Waals surface area contributed by atoms with Gasteiger partial charge < -0.3 is 19.9 Å². The van der Waals surface area contributed by atoms with E-state index in [9.17, 15) is 4.79 Å². The Balaban J connectivity index is 1.37. The summed E-state index contributed by atoms with van der Waals surface area (Å²) in [4.78, 5) is 22.1. The number of anilines is 2. The number of carbonyl (C=O) groups is 1. The predicted molar refractivity (Wildman–Crippen MR) is 145 cm³/mol. The number of hydrogen-bond acceptors (Lipinski definition) is 5. The summed E-state index contributed by atoms with van der Waals surface area (Å²) in [6.45, 7) is 11.3. The second-order valence-electron chi connectivity index (χ2n) is 9.74. The summed E-state index contributed by atoms with van der Waals surface area (Å²) in [7, 11) is 2.15. The summed E-state index contributed by atoms with van der Waals surface area (Å²) in [5, 5.41) is 4.02. The van der Waals surface area contributed by atoms with Crippen LogP contribution >= 0.6 is 0 Å². The van der Waals surface area contributed by atoms with Gasteiger partial charge in [0.25, 0.3) is 0 Å². The second kappa shape index (κ2) is 11.4. The van der Waals surface area contributed by atoms with Crippen molar-refractivity contribution in [2.24, 2.45) is 5.92 Å². The Kier molecular flexibility index (Phi) is 8.03. The molecule has 6 nitrogen and oxygen atoms in total. The lowest BCUT2D eigenvalue weighted by Gasteiger charge is -2.33. The normalized spacial score (nSPS) is 14.7. The Morgan fingerprint density at radius 2 is 1.83 bits per heavy atom. The van der Waals surface area contributed by atoms with E-state index >= 15 is 0 Å². The molecule has 1 aromatic heterocycles. The smallest absolute Gasteiger partial charge is 0.248 e. The number of amides is 1. The van der Waals surface area contributed by atoms with Crippen molar-refractivity contribution in [1.29, 1.82) is 0 Å². The van der Waals surface area contributed by atoms with E-state index in [-0.39, 0.29) is 5.91 Å². The fourth-order valence-electron chi connectivity index (χ4n) is 4.10. The number of pyridine rings is 1. The molecule has 0 atom stereocenters. The van der Waals surface area contributed by atoms with Crippen LogP contribution in [-0.4, -0.2) is 55.6 Å². The van der Waals surface area contributed by atoms with Crippen molar-refractivity contribution >= 4 is 34.4 Å². The molecule has 0 aliphatic carbocycles. The molecule has 0 saturated carbocycles. The molecule has 1 saturated heterocycles. The number of nitrogens with one attached hydrogen (secondary N) is 1. The van der Waals surface area contributed by atoms with Crippen molar-refractivity contribution < 1.29 is 9.53 Å². The molecule has 1 fully saturated rings. The monoisotopic (exact) mass is 472 g/mol. The van der Waals surface area contributed by atoms with Gasteiger partial charge in [0.15, 0.2) is 0 Å². The van der Waals surface area contributed by atoms with E-state index in [0.717, 1.165) is 71.9 Å². The highest BCUT2D eigenvalue weighted by Gasteiger charge is 2.16.